The lowest BCUT2D eigenvalue weighted by Crippen LogP contribution is -2.46. The maximum absolute atomic E-state index is 2.43. The second-order valence-corrected chi connectivity index (χ2v) is 7.86. The highest BCUT2D eigenvalue weighted by Gasteiger charge is 2.48. The molecule has 0 amide bonds. The smallest absolute Gasteiger partial charge is 0.0352 e. The molecule has 0 N–H and O–H groups in total. The second kappa shape index (κ2) is 3.25. The van der Waals surface area contributed by atoms with E-state index in [1.807, 2.05) is 0 Å². The van der Waals surface area contributed by atoms with Gasteiger partial charge >= 0.3 is 0 Å². The van der Waals surface area contributed by atoms with Crippen molar-refractivity contribution in [3.05, 3.63) is 0 Å². The largest absolute Gasteiger partial charge is 0.0602 e. The highest BCUT2D eigenvalue weighted by atomic mass is 14.5. The SMILES string of the molecule is CC(C)(C)CC1C2CC3CC(C2)CC1C3. The molecule has 0 heterocycles. The molecule has 4 saturated carbocycles. The van der Waals surface area contributed by atoms with Crippen molar-refractivity contribution in [2.45, 2.75) is 59.3 Å². The van der Waals surface area contributed by atoms with Crippen LogP contribution in [-0.2, 0) is 0 Å². The molecule has 0 aromatic carbocycles. The highest BCUT2D eigenvalue weighted by Crippen LogP contribution is 2.58. The van der Waals surface area contributed by atoms with E-state index in [-0.39, 0.29) is 0 Å². The van der Waals surface area contributed by atoms with Crippen LogP contribution in [0.2, 0.25) is 0 Å². The average molecular weight is 206 g/mol. The Bertz CT molecular complexity index is 217. The van der Waals surface area contributed by atoms with Gasteiger partial charge in [0.05, 0.1) is 0 Å². The Morgan fingerprint density at radius 1 is 0.800 bits per heavy atom. The molecule has 86 valence electrons. The van der Waals surface area contributed by atoms with Crippen molar-refractivity contribution in [1.29, 1.82) is 0 Å². The average Bonchev–Trinajstić information content (AvgIpc) is 2.08. The topological polar surface area (TPSA) is 0 Å². The lowest BCUT2D eigenvalue weighted by atomic mass is 9.50. The normalized spacial score (nSPS) is 48.6. The Labute approximate surface area is 94.8 Å². The van der Waals surface area contributed by atoms with E-state index in [1.165, 1.54) is 6.42 Å². The highest BCUT2D eigenvalue weighted by molar-refractivity contribution is 4.98. The lowest BCUT2D eigenvalue weighted by Gasteiger charge is -2.55. The van der Waals surface area contributed by atoms with Crippen LogP contribution in [0.25, 0.3) is 0 Å². The van der Waals surface area contributed by atoms with Gasteiger partial charge in [-0.15, -0.1) is 0 Å². The molecule has 0 aliphatic heterocycles. The molecule has 4 aliphatic rings. The Morgan fingerprint density at radius 2 is 1.27 bits per heavy atom. The molecule has 0 saturated heterocycles. The predicted octanol–water partition coefficient (Wildman–Crippen LogP) is 4.49. The molecule has 4 bridgehead atoms. The molecule has 0 atom stereocenters. The molecule has 0 heteroatoms. The van der Waals surface area contributed by atoms with Crippen LogP contribution in [0.3, 0.4) is 0 Å². The third-order valence-electron chi connectivity index (χ3n) is 5.27. The lowest BCUT2D eigenvalue weighted by molar-refractivity contribution is -0.0510. The van der Waals surface area contributed by atoms with Crippen LogP contribution in [0.5, 0.6) is 0 Å². The summed E-state index contributed by atoms with van der Waals surface area (Å²) < 4.78 is 0. The van der Waals surface area contributed by atoms with Gasteiger partial charge in [0.25, 0.3) is 0 Å². The van der Waals surface area contributed by atoms with E-state index >= 15 is 0 Å². The minimum atomic E-state index is 0.556. The Kier molecular flexibility index (Phi) is 2.20. The van der Waals surface area contributed by atoms with Gasteiger partial charge in [0.2, 0.25) is 0 Å². The van der Waals surface area contributed by atoms with Gasteiger partial charge in [0, 0.05) is 0 Å². The van der Waals surface area contributed by atoms with E-state index in [4.69, 9.17) is 0 Å². The van der Waals surface area contributed by atoms with Crippen LogP contribution >= 0.6 is 0 Å². The second-order valence-electron chi connectivity index (χ2n) is 7.86. The molecule has 0 spiro atoms. The van der Waals surface area contributed by atoms with E-state index in [1.54, 1.807) is 32.1 Å². The maximum Gasteiger partial charge on any atom is -0.0352 e. The summed E-state index contributed by atoms with van der Waals surface area (Å²) in [6.07, 6.45) is 9.44. The van der Waals surface area contributed by atoms with E-state index < -0.39 is 0 Å². The molecular weight excluding hydrogens is 180 g/mol. The van der Waals surface area contributed by atoms with Crippen molar-refractivity contribution >= 4 is 0 Å². The molecule has 4 aliphatic carbocycles. The summed E-state index contributed by atoms with van der Waals surface area (Å²) in [5.41, 5.74) is 0.556. The molecule has 0 aromatic rings. The maximum atomic E-state index is 2.43. The number of rotatable bonds is 1. The zero-order chi connectivity index (χ0) is 10.6. The first-order valence-corrected chi connectivity index (χ1v) is 7.01. The summed E-state index contributed by atoms with van der Waals surface area (Å²) in [5.74, 6) is 5.63. The standard InChI is InChI=1S/C15H26/c1-15(2,3)9-14-12-5-10-4-11(7-12)8-13(14)6-10/h10-14H,4-9H2,1-3H3. The molecule has 0 unspecified atom stereocenters. The quantitative estimate of drug-likeness (QED) is 0.593. The molecule has 0 radical (unpaired) electrons. The minimum absolute atomic E-state index is 0.556. The van der Waals surface area contributed by atoms with Gasteiger partial charge < -0.3 is 0 Å². The van der Waals surface area contributed by atoms with Gasteiger partial charge in [-0.2, -0.15) is 0 Å². The summed E-state index contributed by atoms with van der Waals surface area (Å²) in [7, 11) is 0. The van der Waals surface area contributed by atoms with Crippen LogP contribution in [0.15, 0.2) is 0 Å². The molecule has 4 fully saturated rings. The zero-order valence-electron chi connectivity index (χ0n) is 10.6. The van der Waals surface area contributed by atoms with Crippen molar-refractivity contribution < 1.29 is 0 Å². The van der Waals surface area contributed by atoms with Crippen LogP contribution in [-0.4, -0.2) is 0 Å². The minimum Gasteiger partial charge on any atom is -0.0602 e. The van der Waals surface area contributed by atoms with Crippen molar-refractivity contribution in [3.63, 3.8) is 0 Å². The van der Waals surface area contributed by atoms with Crippen LogP contribution in [0.4, 0.5) is 0 Å². The molecule has 0 aromatic heterocycles. The van der Waals surface area contributed by atoms with Crippen molar-refractivity contribution in [1.82, 2.24) is 0 Å². The summed E-state index contributed by atoms with van der Waals surface area (Å²) in [4.78, 5) is 0. The summed E-state index contributed by atoms with van der Waals surface area (Å²) >= 11 is 0. The van der Waals surface area contributed by atoms with E-state index in [0.29, 0.717) is 5.41 Å². The Balaban J connectivity index is 1.75. The Hall–Kier alpha value is 0. The van der Waals surface area contributed by atoms with Crippen molar-refractivity contribution in [2.75, 3.05) is 0 Å². The van der Waals surface area contributed by atoms with Gasteiger partial charge in [-0.3, -0.25) is 0 Å². The van der Waals surface area contributed by atoms with E-state index in [9.17, 15) is 0 Å². The fourth-order valence-corrected chi connectivity index (χ4v) is 5.08. The fourth-order valence-electron chi connectivity index (χ4n) is 5.08. The van der Waals surface area contributed by atoms with E-state index in [2.05, 4.69) is 20.8 Å². The summed E-state index contributed by atoms with van der Waals surface area (Å²) in [6, 6.07) is 0. The molecule has 4 rings (SSSR count). The van der Waals surface area contributed by atoms with Gasteiger partial charge in [-0.05, 0) is 73.5 Å². The summed E-state index contributed by atoms with van der Waals surface area (Å²) in [6.45, 7) is 7.29. The molecule has 0 nitrogen and oxygen atoms in total. The zero-order valence-corrected chi connectivity index (χ0v) is 10.6. The Morgan fingerprint density at radius 3 is 1.67 bits per heavy atom. The molecular formula is C15H26. The van der Waals surface area contributed by atoms with Crippen LogP contribution in [0, 0.1) is 35.0 Å². The van der Waals surface area contributed by atoms with Crippen LogP contribution in [0.1, 0.15) is 59.3 Å². The fraction of sp³-hybridized carbons (Fsp3) is 1.00. The third kappa shape index (κ3) is 1.85. The van der Waals surface area contributed by atoms with Gasteiger partial charge in [0.1, 0.15) is 0 Å². The van der Waals surface area contributed by atoms with E-state index in [0.717, 1.165) is 29.6 Å². The summed E-state index contributed by atoms with van der Waals surface area (Å²) in [5, 5.41) is 0. The number of hydrogen-bond donors (Lipinski definition) is 0. The van der Waals surface area contributed by atoms with Crippen molar-refractivity contribution in [3.8, 4) is 0 Å². The van der Waals surface area contributed by atoms with Gasteiger partial charge in [-0.1, -0.05) is 20.8 Å². The first-order valence-electron chi connectivity index (χ1n) is 7.01. The first kappa shape index (κ1) is 10.2. The first-order chi connectivity index (χ1) is 7.01. The number of hydrogen-bond acceptors (Lipinski definition) is 0. The third-order valence-corrected chi connectivity index (χ3v) is 5.27. The van der Waals surface area contributed by atoms with Gasteiger partial charge in [-0.25, -0.2) is 0 Å². The predicted molar refractivity (Wildman–Crippen MR) is 64.6 cm³/mol. The monoisotopic (exact) mass is 206 g/mol. The van der Waals surface area contributed by atoms with Crippen molar-refractivity contribution in [2.24, 2.45) is 35.0 Å². The van der Waals surface area contributed by atoms with Crippen LogP contribution < -0.4 is 0 Å². The van der Waals surface area contributed by atoms with Gasteiger partial charge in [0.15, 0.2) is 0 Å². The molecule has 15 heavy (non-hydrogen) atoms.